The molecule has 1 aliphatic heterocycles. The second-order valence-corrected chi connectivity index (χ2v) is 8.66. The third kappa shape index (κ3) is 4.71. The molecule has 3 rings (SSSR count). The Labute approximate surface area is 154 Å². The lowest BCUT2D eigenvalue weighted by Gasteiger charge is -2.09. The van der Waals surface area contributed by atoms with Crippen LogP contribution in [-0.4, -0.2) is 40.3 Å². The van der Waals surface area contributed by atoms with E-state index in [1.54, 1.807) is 36.4 Å². The monoisotopic (exact) mass is 373 g/mol. The van der Waals surface area contributed by atoms with Gasteiger partial charge in [0.05, 0.1) is 4.90 Å². The molecule has 1 fully saturated rings. The van der Waals surface area contributed by atoms with Crippen LogP contribution >= 0.6 is 0 Å². The SMILES string of the molecule is CS(=O)(=O)c1ccc(-c2ccc(C(=O)NCCC3CCOC3)cc2)cc1. The molecule has 0 bridgehead atoms. The Morgan fingerprint density at radius 2 is 1.69 bits per heavy atom. The molecule has 1 N–H and O–H groups in total. The van der Waals surface area contributed by atoms with E-state index in [1.165, 1.54) is 6.26 Å². The molecule has 1 amide bonds. The molecule has 1 atom stereocenters. The zero-order valence-corrected chi connectivity index (χ0v) is 15.6. The fourth-order valence-corrected chi connectivity index (χ4v) is 3.64. The van der Waals surface area contributed by atoms with Crippen LogP contribution in [-0.2, 0) is 14.6 Å². The van der Waals surface area contributed by atoms with Crippen LogP contribution < -0.4 is 5.32 Å². The predicted molar refractivity (Wildman–Crippen MR) is 101 cm³/mol. The second-order valence-electron chi connectivity index (χ2n) is 6.65. The molecular weight excluding hydrogens is 350 g/mol. The largest absolute Gasteiger partial charge is 0.381 e. The quantitative estimate of drug-likeness (QED) is 0.845. The van der Waals surface area contributed by atoms with Gasteiger partial charge in [-0.1, -0.05) is 24.3 Å². The normalized spacial score (nSPS) is 17.2. The Hall–Kier alpha value is -2.18. The highest BCUT2D eigenvalue weighted by Crippen LogP contribution is 2.22. The highest BCUT2D eigenvalue weighted by molar-refractivity contribution is 7.90. The van der Waals surface area contributed by atoms with Crippen molar-refractivity contribution in [1.82, 2.24) is 5.32 Å². The maximum absolute atomic E-state index is 12.2. The average Bonchev–Trinajstić information content (AvgIpc) is 3.15. The summed E-state index contributed by atoms with van der Waals surface area (Å²) in [6, 6.07) is 14.0. The summed E-state index contributed by atoms with van der Waals surface area (Å²) in [4.78, 5) is 12.5. The van der Waals surface area contributed by atoms with Crippen molar-refractivity contribution in [2.24, 2.45) is 5.92 Å². The van der Waals surface area contributed by atoms with Gasteiger partial charge in [-0.15, -0.1) is 0 Å². The lowest BCUT2D eigenvalue weighted by atomic mass is 10.0. The van der Waals surface area contributed by atoms with Gasteiger partial charge < -0.3 is 10.1 Å². The summed E-state index contributed by atoms with van der Waals surface area (Å²) >= 11 is 0. The zero-order valence-electron chi connectivity index (χ0n) is 14.8. The fourth-order valence-electron chi connectivity index (χ4n) is 3.01. The van der Waals surface area contributed by atoms with Gasteiger partial charge in [-0.25, -0.2) is 8.42 Å². The van der Waals surface area contributed by atoms with Gasteiger partial charge in [0.15, 0.2) is 9.84 Å². The number of hydrogen-bond donors (Lipinski definition) is 1. The first-order valence-corrected chi connectivity index (χ1v) is 10.6. The molecule has 0 spiro atoms. The molecule has 1 unspecified atom stereocenters. The molecular formula is C20H23NO4S. The number of ether oxygens (including phenoxy) is 1. The first kappa shape index (κ1) is 18.6. The summed E-state index contributed by atoms with van der Waals surface area (Å²) in [6.07, 6.45) is 3.20. The minimum Gasteiger partial charge on any atom is -0.381 e. The number of sulfone groups is 1. The summed E-state index contributed by atoms with van der Waals surface area (Å²) in [6.45, 7) is 2.27. The Balaban J connectivity index is 1.59. The lowest BCUT2D eigenvalue weighted by Crippen LogP contribution is -2.26. The van der Waals surface area contributed by atoms with E-state index in [0.717, 1.165) is 37.2 Å². The molecule has 0 aromatic heterocycles. The van der Waals surface area contributed by atoms with Crippen LogP contribution in [0.2, 0.25) is 0 Å². The van der Waals surface area contributed by atoms with Crippen LogP contribution in [0.3, 0.4) is 0 Å². The molecule has 1 aliphatic rings. The van der Waals surface area contributed by atoms with E-state index in [1.807, 2.05) is 12.1 Å². The van der Waals surface area contributed by atoms with E-state index in [0.29, 0.717) is 22.9 Å². The summed E-state index contributed by atoms with van der Waals surface area (Å²) in [5.74, 6) is 0.468. The van der Waals surface area contributed by atoms with Gasteiger partial charge >= 0.3 is 0 Å². The van der Waals surface area contributed by atoms with E-state index < -0.39 is 9.84 Å². The summed E-state index contributed by atoms with van der Waals surface area (Å²) < 4.78 is 28.4. The summed E-state index contributed by atoms with van der Waals surface area (Å²) in [5, 5.41) is 2.95. The van der Waals surface area contributed by atoms with Crippen molar-refractivity contribution in [3.63, 3.8) is 0 Å². The van der Waals surface area contributed by atoms with Crippen LogP contribution in [0.1, 0.15) is 23.2 Å². The van der Waals surface area contributed by atoms with Gasteiger partial charge in [0, 0.05) is 31.6 Å². The van der Waals surface area contributed by atoms with Crippen molar-refractivity contribution < 1.29 is 17.9 Å². The highest BCUT2D eigenvalue weighted by atomic mass is 32.2. The minimum atomic E-state index is -3.20. The van der Waals surface area contributed by atoms with Crippen LogP contribution in [0.25, 0.3) is 11.1 Å². The van der Waals surface area contributed by atoms with Crippen LogP contribution in [0, 0.1) is 5.92 Å². The molecule has 2 aromatic carbocycles. The molecule has 1 heterocycles. The van der Waals surface area contributed by atoms with Gasteiger partial charge in [-0.05, 0) is 54.2 Å². The van der Waals surface area contributed by atoms with Crippen LogP contribution in [0.5, 0.6) is 0 Å². The van der Waals surface area contributed by atoms with E-state index in [4.69, 9.17) is 4.74 Å². The van der Waals surface area contributed by atoms with Crippen molar-refractivity contribution in [3.05, 3.63) is 54.1 Å². The lowest BCUT2D eigenvalue weighted by molar-refractivity contribution is 0.0950. The highest BCUT2D eigenvalue weighted by Gasteiger charge is 2.15. The number of benzene rings is 2. The minimum absolute atomic E-state index is 0.0807. The van der Waals surface area contributed by atoms with Crippen molar-refractivity contribution >= 4 is 15.7 Å². The number of amides is 1. The van der Waals surface area contributed by atoms with E-state index in [2.05, 4.69) is 5.32 Å². The van der Waals surface area contributed by atoms with Gasteiger partial charge in [-0.2, -0.15) is 0 Å². The number of carbonyl (C=O) groups excluding carboxylic acids is 1. The Morgan fingerprint density at radius 3 is 2.23 bits per heavy atom. The molecule has 5 nitrogen and oxygen atoms in total. The summed E-state index contributed by atoms with van der Waals surface area (Å²) in [5.41, 5.74) is 2.46. The first-order valence-electron chi connectivity index (χ1n) is 8.70. The van der Waals surface area contributed by atoms with Crippen molar-refractivity contribution in [2.75, 3.05) is 26.0 Å². The Bertz CT molecular complexity index is 852. The maximum Gasteiger partial charge on any atom is 0.251 e. The topological polar surface area (TPSA) is 72.5 Å². The molecule has 0 aliphatic carbocycles. The standard InChI is InChI=1S/C20H23NO4S/c1-26(23,24)19-8-6-17(7-9-19)16-2-4-18(5-3-16)20(22)21-12-10-15-11-13-25-14-15/h2-9,15H,10-14H2,1H3,(H,21,22). The van der Waals surface area contributed by atoms with Gasteiger partial charge in [-0.3, -0.25) is 4.79 Å². The predicted octanol–water partition coefficient (Wildman–Crippen LogP) is 2.91. The van der Waals surface area contributed by atoms with Crippen molar-refractivity contribution in [2.45, 2.75) is 17.7 Å². The van der Waals surface area contributed by atoms with Crippen LogP contribution in [0.4, 0.5) is 0 Å². The number of nitrogens with one attached hydrogen (secondary N) is 1. The molecule has 2 aromatic rings. The molecule has 1 saturated heterocycles. The van der Waals surface area contributed by atoms with Gasteiger partial charge in [0.1, 0.15) is 0 Å². The van der Waals surface area contributed by atoms with Gasteiger partial charge in [0.2, 0.25) is 0 Å². The number of rotatable bonds is 6. The molecule has 26 heavy (non-hydrogen) atoms. The smallest absolute Gasteiger partial charge is 0.251 e. The molecule has 0 saturated carbocycles. The average molecular weight is 373 g/mol. The van der Waals surface area contributed by atoms with E-state index >= 15 is 0 Å². The summed E-state index contributed by atoms with van der Waals surface area (Å²) in [7, 11) is -3.20. The number of carbonyl (C=O) groups is 1. The van der Waals surface area contributed by atoms with E-state index in [-0.39, 0.29) is 5.91 Å². The van der Waals surface area contributed by atoms with Crippen molar-refractivity contribution in [1.29, 1.82) is 0 Å². The Morgan fingerprint density at radius 1 is 1.08 bits per heavy atom. The van der Waals surface area contributed by atoms with Gasteiger partial charge in [0.25, 0.3) is 5.91 Å². The zero-order chi connectivity index (χ0) is 18.6. The maximum atomic E-state index is 12.2. The molecule has 138 valence electrons. The van der Waals surface area contributed by atoms with Crippen LogP contribution in [0.15, 0.2) is 53.4 Å². The number of hydrogen-bond acceptors (Lipinski definition) is 4. The molecule has 6 heteroatoms. The third-order valence-corrected chi connectivity index (χ3v) is 5.75. The van der Waals surface area contributed by atoms with Crippen molar-refractivity contribution in [3.8, 4) is 11.1 Å². The molecule has 0 radical (unpaired) electrons. The van der Waals surface area contributed by atoms with E-state index in [9.17, 15) is 13.2 Å². The Kier molecular flexibility index (Phi) is 5.74. The first-order chi connectivity index (χ1) is 12.4. The third-order valence-electron chi connectivity index (χ3n) is 4.63. The second kappa shape index (κ2) is 8.01. The fraction of sp³-hybridized carbons (Fsp3) is 0.350.